The molecule has 2 aliphatic rings. The number of aryl methyl sites for hydroxylation is 2. The largest absolute Gasteiger partial charge is 0.480 e. The van der Waals surface area contributed by atoms with E-state index in [4.69, 9.17) is 12.2 Å². The second-order valence-electron chi connectivity index (χ2n) is 8.92. The first-order valence-electron chi connectivity index (χ1n) is 12.0. The van der Waals surface area contributed by atoms with Crippen LogP contribution in [0.3, 0.4) is 0 Å². The zero-order chi connectivity index (χ0) is 27.9. The van der Waals surface area contributed by atoms with E-state index in [1.54, 1.807) is 11.8 Å². The number of rotatable bonds is 7. The third-order valence-corrected chi connectivity index (χ3v) is 10.2. The van der Waals surface area contributed by atoms with Gasteiger partial charge in [-0.15, -0.1) is 11.3 Å². The van der Waals surface area contributed by atoms with Crippen LogP contribution in [0.4, 0.5) is 5.69 Å². The van der Waals surface area contributed by atoms with Crippen molar-refractivity contribution in [1.82, 2.24) is 9.47 Å². The van der Waals surface area contributed by atoms with Crippen LogP contribution in [0.25, 0.3) is 10.5 Å². The Morgan fingerprint density at radius 2 is 1.74 bits per heavy atom. The van der Waals surface area contributed by atoms with Crippen LogP contribution in [0.5, 0.6) is 0 Å². The lowest BCUT2D eigenvalue weighted by Gasteiger charge is -2.19. The maximum atomic E-state index is 13.6. The molecule has 38 heavy (non-hydrogen) atoms. The number of carboxylic acids is 1. The van der Waals surface area contributed by atoms with E-state index in [0.717, 1.165) is 55.4 Å². The predicted octanol–water partition coefficient (Wildman–Crippen LogP) is 3.20. The molecule has 2 aromatic rings. The molecule has 1 aromatic carbocycles. The average Bonchev–Trinajstić information content (AvgIpc) is 3.44. The number of carboxylic acid groups (broad SMARTS) is 1. The molecule has 200 valence electrons. The topological polar surface area (TPSA) is 99.9 Å². The van der Waals surface area contributed by atoms with Gasteiger partial charge in [0.1, 0.15) is 26.2 Å². The van der Waals surface area contributed by atoms with Crippen LogP contribution in [0.2, 0.25) is 0 Å². The highest BCUT2D eigenvalue weighted by Gasteiger charge is 2.35. The molecule has 0 aliphatic carbocycles. The lowest BCUT2D eigenvalue weighted by Crippen LogP contribution is -2.36. The maximum absolute atomic E-state index is 13.6. The molecule has 1 amide bonds. The molecule has 3 heterocycles. The highest BCUT2D eigenvalue weighted by atomic mass is 32.2. The number of hydrogen-bond acceptors (Lipinski definition) is 9. The van der Waals surface area contributed by atoms with Crippen LogP contribution in [0, 0.1) is 13.8 Å². The fraction of sp³-hybridized carbons (Fsp3) is 0.346. The summed E-state index contributed by atoms with van der Waals surface area (Å²) in [4.78, 5) is 54.7. The number of nitrogens with zero attached hydrogens (tertiary/aromatic N) is 3. The molecule has 1 saturated heterocycles. The number of thiazole rings is 1. The van der Waals surface area contributed by atoms with Gasteiger partial charge in [0.2, 0.25) is 0 Å². The minimum atomic E-state index is -1.20. The molecule has 0 bridgehead atoms. The summed E-state index contributed by atoms with van der Waals surface area (Å²) in [6.45, 7) is 9.53. The quantitative estimate of drug-likeness (QED) is 0.488. The van der Waals surface area contributed by atoms with E-state index < -0.39 is 24.0 Å². The number of carbonyl (C=O) groups excluding carboxylic acids is 2. The van der Waals surface area contributed by atoms with Gasteiger partial charge in [-0.25, -0.2) is 0 Å². The van der Waals surface area contributed by atoms with Crippen LogP contribution in [-0.2, 0) is 20.9 Å². The highest BCUT2D eigenvalue weighted by Crippen LogP contribution is 2.47. The first-order chi connectivity index (χ1) is 18.0. The minimum Gasteiger partial charge on any atom is -0.480 e. The highest BCUT2D eigenvalue weighted by molar-refractivity contribution is 8.30. The van der Waals surface area contributed by atoms with Gasteiger partial charge in [0.25, 0.3) is 11.5 Å². The monoisotopic (exact) mass is 589 g/mol. The van der Waals surface area contributed by atoms with Crippen molar-refractivity contribution in [2.75, 3.05) is 18.0 Å². The number of anilines is 1. The molecule has 8 nitrogen and oxygen atoms in total. The second-order valence-corrected chi connectivity index (χ2v) is 12.6. The molecule has 0 radical (unpaired) electrons. The van der Waals surface area contributed by atoms with Crippen molar-refractivity contribution in [3.05, 3.63) is 53.9 Å². The Morgan fingerprint density at radius 3 is 2.34 bits per heavy atom. The van der Waals surface area contributed by atoms with Gasteiger partial charge >= 0.3 is 5.97 Å². The molecule has 2 aliphatic heterocycles. The number of fused-ring (bicyclic) bond motifs is 1. The van der Waals surface area contributed by atoms with E-state index in [1.807, 2.05) is 13.0 Å². The summed E-state index contributed by atoms with van der Waals surface area (Å²) in [6.07, 6.45) is 2.52. The van der Waals surface area contributed by atoms with Gasteiger partial charge in [0.05, 0.1) is 21.8 Å². The number of carbonyl (C=O) groups is 3. The van der Waals surface area contributed by atoms with Crippen LogP contribution < -0.4 is 19.7 Å². The van der Waals surface area contributed by atoms with Crippen LogP contribution >= 0.6 is 47.1 Å². The zero-order valence-corrected chi connectivity index (χ0v) is 24.9. The third-order valence-electron chi connectivity index (χ3n) is 6.23. The van der Waals surface area contributed by atoms with Crippen molar-refractivity contribution in [2.24, 2.45) is 0 Å². The Hall–Kier alpha value is -2.67. The number of aromatic nitrogens is 1. The van der Waals surface area contributed by atoms with E-state index in [-0.39, 0.29) is 26.2 Å². The number of allylic oxidation sites excluding steroid dienone is 1. The number of benzene rings is 1. The Balaban J connectivity index is 1.93. The molecule has 0 saturated carbocycles. The van der Waals surface area contributed by atoms with Crippen molar-refractivity contribution in [2.45, 2.75) is 52.5 Å². The molecule has 1 N–H and O–H groups in total. The van der Waals surface area contributed by atoms with E-state index in [1.165, 1.54) is 23.0 Å². The SMILES string of the molecule is CCC(/C=C1/Sc2cc(C)c(C)cc2N1CC)=c1\s/c(=C2/SC(=S)N(CC(C)=O)C2=O)n(CC(=O)O)c1=O. The number of aliphatic carboxylic acids is 1. The van der Waals surface area contributed by atoms with E-state index in [0.29, 0.717) is 11.0 Å². The summed E-state index contributed by atoms with van der Waals surface area (Å²) in [5.74, 6) is -1.92. The van der Waals surface area contributed by atoms with Crippen molar-refractivity contribution < 1.29 is 19.5 Å². The molecule has 0 atom stereocenters. The van der Waals surface area contributed by atoms with Gasteiger partial charge in [0, 0.05) is 11.4 Å². The van der Waals surface area contributed by atoms with E-state index >= 15 is 0 Å². The number of ketones is 1. The maximum Gasteiger partial charge on any atom is 0.323 e. The summed E-state index contributed by atoms with van der Waals surface area (Å²) < 4.78 is 1.95. The fourth-order valence-electron chi connectivity index (χ4n) is 4.21. The summed E-state index contributed by atoms with van der Waals surface area (Å²) >= 11 is 9.02. The average molecular weight is 590 g/mol. The second kappa shape index (κ2) is 11.2. The van der Waals surface area contributed by atoms with Crippen LogP contribution in [0.15, 0.2) is 32.9 Å². The molecule has 0 spiro atoms. The van der Waals surface area contributed by atoms with Gasteiger partial charge in [-0.05, 0) is 69.0 Å². The van der Waals surface area contributed by atoms with Crippen molar-refractivity contribution in [3.63, 3.8) is 0 Å². The Labute approximate surface area is 237 Å². The molecular formula is C26H27N3O5S4. The molecule has 12 heteroatoms. The standard InChI is InChI=1S/C26H27N3O5S4/c1-6-16(10-19-27(7-2)17-8-13(3)14(4)9-18(17)36-19)21-23(33)28(12-20(31)32)25(37-21)22-24(34)29(11-15(5)30)26(35)38-22/h8-10H,6-7,11-12H2,1-5H3,(H,31,32)/b19-10+,21-16+,25-22+. The van der Waals surface area contributed by atoms with Gasteiger partial charge in [-0.3, -0.25) is 28.6 Å². The fourth-order valence-corrected chi connectivity index (χ4v) is 8.12. The number of amides is 1. The minimum absolute atomic E-state index is 0.165. The van der Waals surface area contributed by atoms with Crippen LogP contribution in [-0.4, -0.2) is 49.6 Å². The molecular weight excluding hydrogens is 563 g/mol. The van der Waals surface area contributed by atoms with Crippen molar-refractivity contribution in [3.8, 4) is 0 Å². The zero-order valence-electron chi connectivity index (χ0n) is 21.6. The number of thiocarbonyl (C=S) groups is 1. The summed E-state index contributed by atoms with van der Waals surface area (Å²) in [5, 5.41) is 10.5. The predicted molar refractivity (Wildman–Crippen MR) is 158 cm³/mol. The first-order valence-corrected chi connectivity index (χ1v) is 14.8. The van der Waals surface area contributed by atoms with Gasteiger partial charge in [0.15, 0.2) is 0 Å². The number of hydrogen-bond donors (Lipinski definition) is 1. The van der Waals surface area contributed by atoms with E-state index in [2.05, 4.69) is 37.8 Å². The Kier molecular flexibility index (Phi) is 8.36. The normalized spacial score (nSPS) is 18.5. The molecule has 0 unspecified atom stereocenters. The van der Waals surface area contributed by atoms with Crippen molar-refractivity contribution in [1.29, 1.82) is 0 Å². The number of Topliss-reactive ketones (excluding diaryl/α,β-unsaturated/α-hetero) is 1. The number of thioether (sulfide) groups is 2. The van der Waals surface area contributed by atoms with Gasteiger partial charge < -0.3 is 10.0 Å². The van der Waals surface area contributed by atoms with Gasteiger partial charge in [-0.1, -0.05) is 42.7 Å². The lowest BCUT2D eigenvalue weighted by atomic mass is 10.1. The first kappa shape index (κ1) is 28.3. The summed E-state index contributed by atoms with van der Waals surface area (Å²) in [6, 6.07) is 4.34. The third kappa shape index (κ3) is 5.27. The summed E-state index contributed by atoms with van der Waals surface area (Å²) in [5.41, 5.74) is 3.83. The van der Waals surface area contributed by atoms with E-state index in [9.17, 15) is 24.3 Å². The Morgan fingerprint density at radius 1 is 1.05 bits per heavy atom. The smallest absolute Gasteiger partial charge is 0.323 e. The van der Waals surface area contributed by atoms with Crippen molar-refractivity contribution >= 4 is 85.2 Å². The molecule has 4 rings (SSSR count). The van der Waals surface area contributed by atoms with Crippen LogP contribution in [0.1, 0.15) is 38.3 Å². The van der Waals surface area contributed by atoms with Gasteiger partial charge in [-0.2, -0.15) is 0 Å². The molecule has 1 fully saturated rings. The Bertz CT molecular complexity index is 1600. The lowest BCUT2D eigenvalue weighted by molar-refractivity contribution is -0.137. The molecule has 1 aromatic heterocycles. The summed E-state index contributed by atoms with van der Waals surface area (Å²) in [7, 11) is 0.